The van der Waals surface area contributed by atoms with E-state index in [4.69, 9.17) is 26.8 Å². The van der Waals surface area contributed by atoms with Gasteiger partial charge in [0.2, 0.25) is 0 Å². The van der Waals surface area contributed by atoms with E-state index in [9.17, 15) is 14.4 Å². The molecule has 1 aromatic rings. The van der Waals surface area contributed by atoms with Gasteiger partial charge in [-0.1, -0.05) is 30.0 Å². The normalized spacial score (nSPS) is 16.1. The Morgan fingerprint density at radius 2 is 2.03 bits per heavy atom. The number of thioether (sulfide) groups is 1. The predicted molar refractivity (Wildman–Crippen MR) is 114 cm³/mol. The molecule has 0 saturated carbocycles. The van der Waals surface area contributed by atoms with Crippen molar-refractivity contribution in [2.45, 2.75) is 20.0 Å². The van der Waals surface area contributed by atoms with Crippen LogP contribution in [0.25, 0.3) is 6.08 Å². The first-order valence-electron chi connectivity index (χ1n) is 8.75. The second-order valence-corrected chi connectivity index (χ2v) is 7.97. The number of amides is 2. The number of carboxylic acids is 1. The molecule has 10 heteroatoms. The molecule has 156 valence electrons. The number of likely N-dealkylation sites (N-methyl/N-ethyl adjacent to an activating group) is 1. The first-order valence-corrected chi connectivity index (χ1v) is 9.98. The van der Waals surface area contributed by atoms with Crippen LogP contribution in [0.1, 0.15) is 19.4 Å². The van der Waals surface area contributed by atoms with Crippen molar-refractivity contribution in [1.82, 2.24) is 9.80 Å². The molecule has 1 fully saturated rings. The van der Waals surface area contributed by atoms with Crippen molar-refractivity contribution >= 4 is 52.2 Å². The number of ether oxygens (including phenoxy) is 2. The smallest absolute Gasteiger partial charge is 0.323 e. The molecule has 29 heavy (non-hydrogen) atoms. The van der Waals surface area contributed by atoms with E-state index in [1.807, 2.05) is 6.92 Å². The highest BCUT2D eigenvalue weighted by Gasteiger charge is 2.33. The molecule has 1 aliphatic heterocycles. The second-order valence-electron chi connectivity index (χ2n) is 6.29. The van der Waals surface area contributed by atoms with Crippen molar-refractivity contribution in [3.8, 4) is 11.5 Å². The number of carbonyl (C=O) groups excluding carboxylic acids is 2. The predicted octanol–water partition coefficient (Wildman–Crippen LogP) is 2.23. The fourth-order valence-corrected chi connectivity index (χ4v) is 3.76. The van der Waals surface area contributed by atoms with Crippen LogP contribution in [0, 0.1) is 0 Å². The minimum atomic E-state index is -1.14. The summed E-state index contributed by atoms with van der Waals surface area (Å²) in [6, 6.07) is 5.07. The van der Waals surface area contributed by atoms with Gasteiger partial charge >= 0.3 is 5.97 Å². The maximum atomic E-state index is 12.4. The van der Waals surface area contributed by atoms with Gasteiger partial charge in [-0.15, -0.1) is 0 Å². The van der Waals surface area contributed by atoms with Gasteiger partial charge in [0.05, 0.1) is 11.5 Å². The average Bonchev–Trinajstić information content (AvgIpc) is 2.90. The number of carbonyl (C=O) groups is 3. The average molecular weight is 439 g/mol. The fraction of sp³-hybridized carbons (Fsp3) is 0.368. The SMILES string of the molecule is CCOc1cc(C=C2SC(=S)N(CC(=O)O)C2=O)ccc1OC(C)C(=O)N(C)C. The Bertz CT molecular complexity index is 868. The topological polar surface area (TPSA) is 96.4 Å². The van der Waals surface area contributed by atoms with Crippen LogP contribution in [0.3, 0.4) is 0 Å². The number of benzene rings is 1. The molecule has 0 bridgehead atoms. The lowest BCUT2D eigenvalue weighted by Crippen LogP contribution is -2.35. The number of nitrogens with zero attached hydrogens (tertiary/aromatic N) is 2. The Hall–Kier alpha value is -2.59. The quantitative estimate of drug-likeness (QED) is 0.488. The molecule has 2 rings (SSSR count). The molecule has 1 unspecified atom stereocenters. The number of hydrogen-bond acceptors (Lipinski definition) is 7. The van der Waals surface area contributed by atoms with Crippen LogP contribution in [0.5, 0.6) is 11.5 Å². The highest BCUT2D eigenvalue weighted by Crippen LogP contribution is 2.35. The van der Waals surface area contributed by atoms with E-state index in [1.54, 1.807) is 45.3 Å². The van der Waals surface area contributed by atoms with E-state index >= 15 is 0 Å². The van der Waals surface area contributed by atoms with E-state index in [0.717, 1.165) is 16.7 Å². The van der Waals surface area contributed by atoms with Gasteiger partial charge in [0.25, 0.3) is 11.8 Å². The Kier molecular flexibility index (Phi) is 7.63. The highest BCUT2D eigenvalue weighted by molar-refractivity contribution is 8.26. The van der Waals surface area contributed by atoms with Gasteiger partial charge in [0.1, 0.15) is 10.9 Å². The summed E-state index contributed by atoms with van der Waals surface area (Å²) in [6.07, 6.45) is 0.921. The molecule has 1 aromatic carbocycles. The molecule has 0 aliphatic carbocycles. The molecule has 0 radical (unpaired) electrons. The third kappa shape index (κ3) is 5.70. The lowest BCUT2D eigenvalue weighted by Gasteiger charge is -2.20. The summed E-state index contributed by atoms with van der Waals surface area (Å²) in [4.78, 5) is 38.2. The van der Waals surface area contributed by atoms with E-state index in [2.05, 4.69) is 0 Å². The number of carboxylic acid groups (broad SMARTS) is 1. The molecule has 1 atom stereocenters. The summed E-state index contributed by atoms with van der Waals surface area (Å²) in [5.74, 6) is -0.931. The molecule has 1 saturated heterocycles. The van der Waals surface area contributed by atoms with Gasteiger partial charge < -0.3 is 19.5 Å². The summed E-state index contributed by atoms with van der Waals surface area (Å²) >= 11 is 6.14. The van der Waals surface area contributed by atoms with Gasteiger partial charge in [0.15, 0.2) is 17.6 Å². The summed E-state index contributed by atoms with van der Waals surface area (Å²) in [5.41, 5.74) is 0.656. The second kappa shape index (κ2) is 9.75. The molecule has 1 heterocycles. The van der Waals surface area contributed by atoms with E-state index in [1.165, 1.54) is 4.90 Å². The zero-order valence-electron chi connectivity index (χ0n) is 16.5. The zero-order valence-corrected chi connectivity index (χ0v) is 18.1. The van der Waals surface area contributed by atoms with Gasteiger partial charge in [-0.2, -0.15) is 0 Å². The summed E-state index contributed by atoms with van der Waals surface area (Å²) in [5, 5.41) is 8.92. The van der Waals surface area contributed by atoms with E-state index < -0.39 is 24.5 Å². The number of thiocarbonyl (C=S) groups is 1. The third-order valence-corrected chi connectivity index (χ3v) is 5.20. The molecule has 1 aliphatic rings. The molecule has 0 spiro atoms. The number of hydrogen-bond donors (Lipinski definition) is 1. The number of rotatable bonds is 8. The highest BCUT2D eigenvalue weighted by atomic mass is 32.2. The van der Waals surface area contributed by atoms with Crippen LogP contribution in [-0.2, 0) is 14.4 Å². The van der Waals surface area contributed by atoms with Crippen LogP contribution < -0.4 is 9.47 Å². The van der Waals surface area contributed by atoms with Gasteiger partial charge in [0, 0.05) is 14.1 Å². The monoisotopic (exact) mass is 438 g/mol. The van der Waals surface area contributed by atoms with Crippen molar-refractivity contribution < 1.29 is 29.0 Å². The lowest BCUT2D eigenvalue weighted by atomic mass is 10.1. The Morgan fingerprint density at radius 1 is 1.34 bits per heavy atom. The molecular weight excluding hydrogens is 416 g/mol. The number of aliphatic carboxylic acids is 1. The van der Waals surface area contributed by atoms with Crippen LogP contribution in [-0.4, -0.2) is 70.4 Å². The largest absolute Gasteiger partial charge is 0.490 e. The van der Waals surface area contributed by atoms with Crippen molar-refractivity contribution in [3.63, 3.8) is 0 Å². The molecular formula is C19H22N2O6S2. The van der Waals surface area contributed by atoms with Crippen molar-refractivity contribution in [2.75, 3.05) is 27.2 Å². The molecule has 0 aromatic heterocycles. The lowest BCUT2D eigenvalue weighted by molar-refractivity contribution is -0.140. The maximum Gasteiger partial charge on any atom is 0.323 e. The van der Waals surface area contributed by atoms with Crippen LogP contribution in [0.4, 0.5) is 0 Å². The van der Waals surface area contributed by atoms with Crippen molar-refractivity contribution in [2.24, 2.45) is 0 Å². The first-order chi connectivity index (χ1) is 13.6. The standard InChI is InChI=1S/C19H22N2O6S2/c1-5-26-14-8-12(6-7-13(14)27-11(2)17(24)20(3)4)9-15-18(25)21(10-16(22)23)19(28)29-15/h6-9,11H,5,10H2,1-4H3,(H,22,23). The molecule has 1 N–H and O–H groups in total. The van der Waals surface area contributed by atoms with Gasteiger partial charge in [-0.3, -0.25) is 19.3 Å². The minimum absolute atomic E-state index is 0.182. The Labute approximate surface area is 178 Å². The van der Waals surface area contributed by atoms with Crippen LogP contribution >= 0.6 is 24.0 Å². The van der Waals surface area contributed by atoms with Gasteiger partial charge in [-0.25, -0.2) is 0 Å². The van der Waals surface area contributed by atoms with Crippen LogP contribution in [0.2, 0.25) is 0 Å². The van der Waals surface area contributed by atoms with E-state index in [-0.39, 0.29) is 10.2 Å². The Balaban J connectivity index is 2.27. The van der Waals surface area contributed by atoms with Crippen LogP contribution in [0.15, 0.2) is 23.1 Å². The van der Waals surface area contributed by atoms with Crippen molar-refractivity contribution in [3.05, 3.63) is 28.7 Å². The third-order valence-electron chi connectivity index (χ3n) is 3.82. The first kappa shape index (κ1) is 22.7. The molecule has 8 nitrogen and oxygen atoms in total. The van der Waals surface area contributed by atoms with Crippen molar-refractivity contribution in [1.29, 1.82) is 0 Å². The Morgan fingerprint density at radius 3 is 2.62 bits per heavy atom. The minimum Gasteiger partial charge on any atom is -0.490 e. The summed E-state index contributed by atoms with van der Waals surface area (Å²) in [6.45, 7) is 3.38. The molecule has 2 amide bonds. The zero-order chi connectivity index (χ0) is 21.7. The maximum absolute atomic E-state index is 12.4. The summed E-state index contributed by atoms with van der Waals surface area (Å²) in [7, 11) is 3.30. The fourth-order valence-electron chi connectivity index (χ4n) is 2.51. The summed E-state index contributed by atoms with van der Waals surface area (Å²) < 4.78 is 11.6. The van der Waals surface area contributed by atoms with E-state index in [0.29, 0.717) is 28.6 Å². The van der Waals surface area contributed by atoms with Gasteiger partial charge in [-0.05, 0) is 37.6 Å².